The van der Waals surface area contributed by atoms with Crippen molar-refractivity contribution in [1.82, 2.24) is 9.78 Å². The molecule has 0 aromatic carbocycles. The number of nitrogens with one attached hydrogen (secondary N) is 1. The van der Waals surface area contributed by atoms with E-state index < -0.39 is 5.91 Å². The predicted molar refractivity (Wildman–Crippen MR) is 78.0 cm³/mol. The van der Waals surface area contributed by atoms with Crippen LogP contribution in [0.4, 0.5) is 5.69 Å². The minimum absolute atomic E-state index is 0.129. The summed E-state index contributed by atoms with van der Waals surface area (Å²) in [6.07, 6.45) is 2.45. The van der Waals surface area contributed by atoms with E-state index in [-0.39, 0.29) is 11.9 Å². The summed E-state index contributed by atoms with van der Waals surface area (Å²) in [6.45, 7) is 4.02. The molecule has 1 atom stereocenters. The molecule has 1 unspecified atom stereocenters. The maximum atomic E-state index is 12.3. The monoisotopic (exact) mass is 292 g/mol. The van der Waals surface area contributed by atoms with Crippen molar-refractivity contribution in [2.24, 2.45) is 5.73 Å². The second-order valence-corrected chi connectivity index (χ2v) is 5.32. The Kier molecular flexibility index (Phi) is 4.19. The molecule has 0 radical (unpaired) electrons. The zero-order valence-electron chi connectivity index (χ0n) is 11.3. The van der Waals surface area contributed by atoms with Crippen LogP contribution in [0.15, 0.2) is 23.7 Å². The number of carbonyl (C=O) groups is 2. The normalized spacial score (nSPS) is 12.1. The fourth-order valence-electron chi connectivity index (χ4n) is 1.80. The third-order valence-electron chi connectivity index (χ3n) is 3.05. The Bertz CT molecular complexity index is 632. The molecule has 6 nitrogen and oxygen atoms in total. The molecule has 0 aliphatic carbocycles. The Labute approximate surface area is 120 Å². The third-order valence-corrected chi connectivity index (χ3v) is 3.98. The van der Waals surface area contributed by atoms with Gasteiger partial charge in [0.25, 0.3) is 11.8 Å². The van der Waals surface area contributed by atoms with Gasteiger partial charge in [-0.05, 0) is 30.9 Å². The van der Waals surface area contributed by atoms with Crippen LogP contribution in [0.1, 0.15) is 46.5 Å². The van der Waals surface area contributed by atoms with Gasteiger partial charge in [0.1, 0.15) is 10.6 Å². The van der Waals surface area contributed by atoms with Gasteiger partial charge in [0.15, 0.2) is 0 Å². The lowest BCUT2D eigenvalue weighted by Crippen LogP contribution is -2.21. The highest BCUT2D eigenvalue weighted by atomic mass is 32.1. The number of nitrogens with zero attached hydrogens (tertiary/aromatic N) is 2. The van der Waals surface area contributed by atoms with E-state index in [0.29, 0.717) is 16.3 Å². The first kappa shape index (κ1) is 14.3. The van der Waals surface area contributed by atoms with Gasteiger partial charge in [0, 0.05) is 12.2 Å². The van der Waals surface area contributed by atoms with E-state index in [4.69, 9.17) is 5.73 Å². The molecule has 2 rings (SSSR count). The number of hydrogen-bond acceptors (Lipinski definition) is 4. The topological polar surface area (TPSA) is 90.0 Å². The molecular weight excluding hydrogens is 276 g/mol. The van der Waals surface area contributed by atoms with Gasteiger partial charge in [0.2, 0.25) is 0 Å². The summed E-state index contributed by atoms with van der Waals surface area (Å²) in [7, 11) is 0. The van der Waals surface area contributed by atoms with E-state index in [1.165, 1.54) is 11.3 Å². The van der Waals surface area contributed by atoms with E-state index in [9.17, 15) is 9.59 Å². The van der Waals surface area contributed by atoms with Crippen LogP contribution in [0, 0.1) is 0 Å². The van der Waals surface area contributed by atoms with Gasteiger partial charge in [-0.2, -0.15) is 5.10 Å². The molecule has 2 aromatic heterocycles. The van der Waals surface area contributed by atoms with E-state index in [1.807, 2.05) is 13.8 Å². The molecule has 0 bridgehead atoms. The molecule has 2 heterocycles. The number of aromatic nitrogens is 2. The van der Waals surface area contributed by atoms with Crippen LogP contribution in [-0.2, 0) is 0 Å². The van der Waals surface area contributed by atoms with Crippen LogP contribution in [0.5, 0.6) is 0 Å². The van der Waals surface area contributed by atoms with E-state index in [2.05, 4.69) is 10.4 Å². The molecule has 0 aliphatic heterocycles. The summed E-state index contributed by atoms with van der Waals surface area (Å²) in [5.41, 5.74) is 6.15. The zero-order chi connectivity index (χ0) is 14.7. The average molecular weight is 292 g/mol. The Morgan fingerprint density at radius 2 is 2.25 bits per heavy atom. The van der Waals surface area contributed by atoms with Crippen molar-refractivity contribution < 1.29 is 9.59 Å². The smallest absolute Gasteiger partial charge is 0.273 e. The minimum atomic E-state index is -0.550. The van der Waals surface area contributed by atoms with Crippen molar-refractivity contribution >= 4 is 28.8 Å². The Morgan fingerprint density at radius 3 is 2.90 bits per heavy atom. The van der Waals surface area contributed by atoms with E-state index in [0.717, 1.165) is 6.42 Å². The van der Waals surface area contributed by atoms with E-state index >= 15 is 0 Å². The molecule has 0 aliphatic rings. The molecule has 20 heavy (non-hydrogen) atoms. The largest absolute Gasteiger partial charge is 0.365 e. The predicted octanol–water partition coefficient (Wildman–Crippen LogP) is 2.27. The number of carbonyl (C=O) groups excluding carboxylic acids is 2. The first-order valence-electron chi connectivity index (χ1n) is 6.26. The third kappa shape index (κ3) is 2.72. The fourth-order valence-corrected chi connectivity index (χ4v) is 2.51. The Morgan fingerprint density at radius 1 is 1.50 bits per heavy atom. The summed E-state index contributed by atoms with van der Waals surface area (Å²) in [5, 5.41) is 8.58. The van der Waals surface area contributed by atoms with Gasteiger partial charge in [0.05, 0.1) is 5.69 Å². The molecule has 3 N–H and O–H groups in total. The van der Waals surface area contributed by atoms with Crippen LogP contribution < -0.4 is 11.1 Å². The molecule has 2 aromatic rings. The first-order chi connectivity index (χ1) is 9.54. The molecule has 106 valence electrons. The zero-order valence-corrected chi connectivity index (χ0v) is 12.1. The van der Waals surface area contributed by atoms with Crippen molar-refractivity contribution in [2.45, 2.75) is 26.3 Å². The van der Waals surface area contributed by atoms with Gasteiger partial charge in [-0.25, -0.2) is 0 Å². The number of anilines is 1. The quantitative estimate of drug-likeness (QED) is 0.885. The van der Waals surface area contributed by atoms with Crippen LogP contribution >= 0.6 is 11.3 Å². The van der Waals surface area contributed by atoms with Crippen molar-refractivity contribution in [2.75, 3.05) is 5.32 Å². The van der Waals surface area contributed by atoms with Crippen LogP contribution in [0.2, 0.25) is 0 Å². The molecule has 7 heteroatoms. The van der Waals surface area contributed by atoms with Crippen LogP contribution in [0.3, 0.4) is 0 Å². The van der Waals surface area contributed by atoms with Gasteiger partial charge in [-0.15, -0.1) is 11.3 Å². The lowest BCUT2D eigenvalue weighted by Gasteiger charge is -2.13. The highest BCUT2D eigenvalue weighted by Gasteiger charge is 2.18. The standard InChI is InChI=1S/C13H16N4O2S/c1-3-8(2)17-10(4-6-15-17)13(19)16-9-5-7-20-11(9)12(14)18/h4-8H,3H2,1-2H3,(H2,14,18)(H,16,19). The van der Waals surface area contributed by atoms with Crippen molar-refractivity contribution in [3.63, 3.8) is 0 Å². The Balaban J connectivity index is 2.23. The van der Waals surface area contributed by atoms with Gasteiger partial charge < -0.3 is 11.1 Å². The summed E-state index contributed by atoms with van der Waals surface area (Å²) in [6, 6.07) is 3.44. The summed E-state index contributed by atoms with van der Waals surface area (Å²) < 4.78 is 1.67. The lowest BCUT2D eigenvalue weighted by atomic mass is 10.2. The van der Waals surface area contributed by atoms with Crippen LogP contribution in [0.25, 0.3) is 0 Å². The number of nitrogens with two attached hydrogens (primary N) is 1. The number of primary amides is 1. The highest BCUT2D eigenvalue weighted by molar-refractivity contribution is 7.12. The second-order valence-electron chi connectivity index (χ2n) is 4.40. The van der Waals surface area contributed by atoms with Crippen LogP contribution in [-0.4, -0.2) is 21.6 Å². The average Bonchev–Trinajstić information content (AvgIpc) is 3.05. The van der Waals surface area contributed by atoms with Gasteiger partial charge >= 0.3 is 0 Å². The summed E-state index contributed by atoms with van der Waals surface area (Å²) in [4.78, 5) is 23.8. The molecule has 0 spiro atoms. The summed E-state index contributed by atoms with van der Waals surface area (Å²) in [5.74, 6) is -0.852. The first-order valence-corrected chi connectivity index (χ1v) is 7.14. The number of thiophene rings is 1. The summed E-state index contributed by atoms with van der Waals surface area (Å²) >= 11 is 1.20. The molecule has 0 saturated heterocycles. The fraction of sp³-hybridized carbons (Fsp3) is 0.308. The van der Waals surface area contributed by atoms with Gasteiger partial charge in [-0.3, -0.25) is 14.3 Å². The van der Waals surface area contributed by atoms with Crippen molar-refractivity contribution in [3.8, 4) is 0 Å². The number of hydrogen-bond donors (Lipinski definition) is 2. The second kappa shape index (κ2) is 5.87. The minimum Gasteiger partial charge on any atom is -0.365 e. The maximum Gasteiger partial charge on any atom is 0.273 e. The lowest BCUT2D eigenvalue weighted by molar-refractivity contribution is 0.100. The molecule has 2 amide bonds. The SMILES string of the molecule is CCC(C)n1nccc1C(=O)Nc1ccsc1C(N)=O. The molecule has 0 saturated carbocycles. The number of rotatable bonds is 5. The van der Waals surface area contributed by atoms with Crippen molar-refractivity contribution in [1.29, 1.82) is 0 Å². The van der Waals surface area contributed by atoms with Gasteiger partial charge in [-0.1, -0.05) is 6.92 Å². The molecule has 0 fully saturated rings. The molecular formula is C13H16N4O2S. The van der Waals surface area contributed by atoms with Crippen molar-refractivity contribution in [3.05, 3.63) is 34.3 Å². The Hall–Kier alpha value is -2.15. The maximum absolute atomic E-state index is 12.3. The highest BCUT2D eigenvalue weighted by Crippen LogP contribution is 2.22. The van der Waals surface area contributed by atoms with E-state index in [1.54, 1.807) is 28.4 Å². The number of amides is 2.